The second-order valence-electron chi connectivity index (χ2n) is 6.42. The van der Waals surface area contributed by atoms with Gasteiger partial charge in [-0.1, -0.05) is 42.5 Å². The summed E-state index contributed by atoms with van der Waals surface area (Å²) >= 11 is 0. The zero-order valence-corrected chi connectivity index (χ0v) is 15.6. The van der Waals surface area contributed by atoms with Crippen molar-refractivity contribution in [1.29, 1.82) is 0 Å². The van der Waals surface area contributed by atoms with Crippen LogP contribution in [0.25, 0.3) is 0 Å². The number of rotatable bonds is 9. The molecular weight excluding hydrogens is 354 g/mol. The van der Waals surface area contributed by atoms with Crippen LogP contribution in [-0.2, 0) is 22.5 Å². The van der Waals surface area contributed by atoms with Crippen LogP contribution in [0, 0.1) is 0 Å². The highest BCUT2D eigenvalue weighted by Crippen LogP contribution is 2.07. The van der Waals surface area contributed by atoms with Crippen LogP contribution in [0.4, 0.5) is 0 Å². The summed E-state index contributed by atoms with van der Waals surface area (Å²) in [7, 11) is 0. The van der Waals surface area contributed by atoms with Gasteiger partial charge in [0.1, 0.15) is 0 Å². The molecule has 0 radical (unpaired) electrons. The van der Waals surface area contributed by atoms with Gasteiger partial charge in [0.2, 0.25) is 0 Å². The molecule has 2 aromatic carbocycles. The highest BCUT2D eigenvalue weighted by Gasteiger charge is 2.10. The number of esters is 1. The molecule has 1 heterocycles. The van der Waals surface area contributed by atoms with Crippen molar-refractivity contribution in [2.24, 2.45) is 0 Å². The monoisotopic (exact) mass is 377 g/mol. The highest BCUT2D eigenvalue weighted by atomic mass is 16.5. The Morgan fingerprint density at radius 1 is 0.964 bits per heavy atom. The molecule has 0 aliphatic rings. The number of benzene rings is 2. The number of hydrogen-bond donors (Lipinski definition) is 1. The molecule has 0 bridgehead atoms. The first-order chi connectivity index (χ1) is 13.7. The minimum Gasteiger partial charge on any atom is -0.452 e. The Hall–Kier alpha value is -3.41. The molecule has 0 spiro atoms. The van der Waals surface area contributed by atoms with Crippen LogP contribution in [0.1, 0.15) is 27.9 Å². The molecule has 6 heteroatoms. The van der Waals surface area contributed by atoms with Crippen LogP contribution in [0.3, 0.4) is 0 Å². The van der Waals surface area contributed by atoms with Gasteiger partial charge in [-0.2, -0.15) is 5.10 Å². The van der Waals surface area contributed by atoms with Gasteiger partial charge < -0.3 is 10.1 Å². The van der Waals surface area contributed by atoms with Crippen LogP contribution in [-0.4, -0.2) is 34.8 Å². The van der Waals surface area contributed by atoms with E-state index in [4.69, 9.17) is 4.74 Å². The zero-order valence-electron chi connectivity index (χ0n) is 15.6. The maximum atomic E-state index is 12.1. The molecule has 1 N–H and O–H groups in total. The van der Waals surface area contributed by atoms with Gasteiger partial charge in [-0.05, 0) is 42.2 Å². The predicted octanol–water partition coefficient (Wildman–Crippen LogP) is 2.84. The number of amides is 1. The summed E-state index contributed by atoms with van der Waals surface area (Å²) in [5.74, 6) is -0.804. The minimum absolute atomic E-state index is 0.279. The van der Waals surface area contributed by atoms with Crippen molar-refractivity contribution in [2.75, 3.05) is 13.2 Å². The van der Waals surface area contributed by atoms with Gasteiger partial charge in [0.25, 0.3) is 5.91 Å². The molecular formula is C22H23N3O3. The SMILES string of the molecule is O=C(COC(=O)c1ccc(Cn2cccn2)cc1)NCCCc1ccccc1. The number of carbonyl (C=O) groups excluding carboxylic acids is 2. The third kappa shape index (κ3) is 6.09. The number of aromatic nitrogens is 2. The number of nitrogens with one attached hydrogen (secondary N) is 1. The molecule has 0 atom stereocenters. The van der Waals surface area contributed by atoms with Crippen molar-refractivity contribution >= 4 is 11.9 Å². The van der Waals surface area contributed by atoms with E-state index in [9.17, 15) is 9.59 Å². The van der Waals surface area contributed by atoms with Crippen LogP contribution in [0.2, 0.25) is 0 Å². The van der Waals surface area contributed by atoms with E-state index in [1.54, 1.807) is 23.0 Å². The Kier molecular flexibility index (Phi) is 6.95. The van der Waals surface area contributed by atoms with Crippen molar-refractivity contribution in [3.63, 3.8) is 0 Å². The van der Waals surface area contributed by atoms with E-state index < -0.39 is 5.97 Å². The topological polar surface area (TPSA) is 73.2 Å². The van der Waals surface area contributed by atoms with Crippen molar-refractivity contribution in [1.82, 2.24) is 15.1 Å². The van der Waals surface area contributed by atoms with Gasteiger partial charge in [-0.15, -0.1) is 0 Å². The normalized spacial score (nSPS) is 10.4. The summed E-state index contributed by atoms with van der Waals surface area (Å²) in [6.07, 6.45) is 5.33. The lowest BCUT2D eigenvalue weighted by Crippen LogP contribution is -2.29. The Bertz CT molecular complexity index is 875. The second-order valence-corrected chi connectivity index (χ2v) is 6.42. The van der Waals surface area contributed by atoms with E-state index in [0.29, 0.717) is 18.7 Å². The standard InChI is InChI=1S/C22H23N3O3/c26-21(23-13-4-8-18-6-2-1-3-7-18)17-28-22(27)20-11-9-19(10-12-20)16-25-15-5-14-24-25/h1-3,5-7,9-12,14-15H,4,8,13,16-17H2,(H,23,26). The Balaban J connectivity index is 1.35. The Morgan fingerprint density at radius 3 is 2.46 bits per heavy atom. The molecule has 3 aromatic rings. The fourth-order valence-corrected chi connectivity index (χ4v) is 2.76. The van der Waals surface area contributed by atoms with Crippen molar-refractivity contribution in [2.45, 2.75) is 19.4 Å². The molecule has 144 valence electrons. The number of ether oxygens (including phenoxy) is 1. The number of nitrogens with zero attached hydrogens (tertiary/aromatic N) is 2. The lowest BCUT2D eigenvalue weighted by molar-refractivity contribution is -0.124. The van der Waals surface area contributed by atoms with Crippen LogP contribution >= 0.6 is 0 Å². The van der Waals surface area contributed by atoms with E-state index in [1.165, 1.54) is 5.56 Å². The first-order valence-electron chi connectivity index (χ1n) is 9.25. The average Bonchev–Trinajstić information content (AvgIpc) is 3.24. The predicted molar refractivity (Wildman–Crippen MR) is 106 cm³/mol. The zero-order chi connectivity index (χ0) is 19.6. The molecule has 0 unspecified atom stereocenters. The Morgan fingerprint density at radius 2 is 1.75 bits per heavy atom. The molecule has 0 fully saturated rings. The summed E-state index contributed by atoms with van der Waals surface area (Å²) in [6.45, 7) is 0.903. The Labute approximate surface area is 164 Å². The third-order valence-electron chi connectivity index (χ3n) is 4.23. The van der Waals surface area contributed by atoms with E-state index in [2.05, 4.69) is 22.5 Å². The molecule has 1 aromatic heterocycles. The van der Waals surface area contributed by atoms with Gasteiger partial charge in [-0.3, -0.25) is 9.48 Å². The molecule has 3 rings (SSSR count). The smallest absolute Gasteiger partial charge is 0.338 e. The molecule has 0 saturated carbocycles. The largest absolute Gasteiger partial charge is 0.452 e. The van der Waals surface area contributed by atoms with Gasteiger partial charge >= 0.3 is 5.97 Å². The maximum absolute atomic E-state index is 12.1. The molecule has 0 aliphatic heterocycles. The highest BCUT2D eigenvalue weighted by molar-refractivity contribution is 5.91. The molecule has 1 amide bonds. The van der Waals surface area contributed by atoms with Gasteiger partial charge in [-0.25, -0.2) is 4.79 Å². The van der Waals surface area contributed by atoms with Crippen LogP contribution in [0.5, 0.6) is 0 Å². The van der Waals surface area contributed by atoms with Gasteiger partial charge in [0.05, 0.1) is 12.1 Å². The summed E-state index contributed by atoms with van der Waals surface area (Å²) in [5.41, 5.74) is 2.68. The fourth-order valence-electron chi connectivity index (χ4n) is 2.76. The number of aryl methyl sites for hydroxylation is 1. The number of carbonyl (C=O) groups is 2. The molecule has 0 saturated heterocycles. The van der Waals surface area contributed by atoms with E-state index >= 15 is 0 Å². The van der Waals surface area contributed by atoms with E-state index in [-0.39, 0.29) is 12.5 Å². The summed E-state index contributed by atoms with van der Waals surface area (Å²) < 4.78 is 6.88. The average molecular weight is 377 g/mol. The van der Waals surface area contributed by atoms with E-state index in [0.717, 1.165) is 18.4 Å². The van der Waals surface area contributed by atoms with Crippen molar-refractivity contribution in [3.8, 4) is 0 Å². The van der Waals surface area contributed by atoms with Crippen LogP contribution < -0.4 is 5.32 Å². The summed E-state index contributed by atoms with van der Waals surface area (Å²) in [6, 6.07) is 19.0. The second kappa shape index (κ2) is 10.1. The lowest BCUT2D eigenvalue weighted by Gasteiger charge is -2.07. The first-order valence-corrected chi connectivity index (χ1v) is 9.25. The molecule has 28 heavy (non-hydrogen) atoms. The third-order valence-corrected chi connectivity index (χ3v) is 4.23. The molecule has 0 aliphatic carbocycles. The van der Waals surface area contributed by atoms with Crippen molar-refractivity contribution in [3.05, 3.63) is 89.7 Å². The first kappa shape index (κ1) is 19.4. The maximum Gasteiger partial charge on any atom is 0.338 e. The fraction of sp³-hybridized carbons (Fsp3) is 0.227. The lowest BCUT2D eigenvalue weighted by atomic mass is 10.1. The summed E-state index contributed by atoms with van der Waals surface area (Å²) in [4.78, 5) is 23.9. The summed E-state index contributed by atoms with van der Waals surface area (Å²) in [5, 5.41) is 6.91. The number of hydrogen-bond acceptors (Lipinski definition) is 4. The van der Waals surface area contributed by atoms with Crippen molar-refractivity contribution < 1.29 is 14.3 Å². The van der Waals surface area contributed by atoms with Gasteiger partial charge in [0, 0.05) is 18.9 Å². The quantitative estimate of drug-likeness (QED) is 0.460. The van der Waals surface area contributed by atoms with Crippen LogP contribution in [0.15, 0.2) is 73.1 Å². The minimum atomic E-state index is -0.509. The van der Waals surface area contributed by atoms with Gasteiger partial charge in [0.15, 0.2) is 6.61 Å². The van der Waals surface area contributed by atoms with E-state index in [1.807, 2.05) is 42.6 Å². The molecule has 6 nitrogen and oxygen atoms in total.